The molecule has 1 N–H and O–H groups in total. The third-order valence-corrected chi connectivity index (χ3v) is 3.70. The van der Waals surface area contributed by atoms with Crippen molar-refractivity contribution in [3.8, 4) is 11.5 Å². The molecule has 0 spiro atoms. The molecular weight excluding hydrogens is 252 g/mol. The van der Waals surface area contributed by atoms with Crippen LogP contribution in [-0.2, 0) is 4.79 Å². The van der Waals surface area contributed by atoms with E-state index in [0.717, 1.165) is 22.3 Å². The van der Waals surface area contributed by atoms with Gasteiger partial charge in [0, 0.05) is 17.0 Å². The van der Waals surface area contributed by atoms with Gasteiger partial charge in [0.25, 0.3) is 0 Å². The highest BCUT2D eigenvalue weighted by Crippen LogP contribution is 2.42. The molecular formula is C17H16O3. The lowest BCUT2D eigenvalue weighted by Crippen LogP contribution is -2.21. The maximum atomic E-state index is 11.8. The second-order valence-corrected chi connectivity index (χ2v) is 5.33. The van der Waals surface area contributed by atoms with E-state index >= 15 is 0 Å². The number of hydrogen-bond donors (Lipinski definition) is 1. The number of aromatic hydroxyl groups is 1. The molecule has 0 aromatic heterocycles. The van der Waals surface area contributed by atoms with Crippen LogP contribution < -0.4 is 4.74 Å². The van der Waals surface area contributed by atoms with E-state index in [-0.39, 0.29) is 24.1 Å². The van der Waals surface area contributed by atoms with Crippen LogP contribution in [0, 0.1) is 13.8 Å². The Hall–Kier alpha value is -2.29. The molecule has 3 nitrogen and oxygen atoms in total. The van der Waals surface area contributed by atoms with Crippen LogP contribution in [0.4, 0.5) is 0 Å². The number of carbonyl (C=O) groups excluding carboxylic acids is 1. The normalized spacial score (nSPS) is 17.5. The third-order valence-electron chi connectivity index (χ3n) is 3.70. The van der Waals surface area contributed by atoms with E-state index in [4.69, 9.17) is 4.74 Å². The minimum Gasteiger partial charge on any atom is -0.508 e. The zero-order valence-corrected chi connectivity index (χ0v) is 11.5. The molecule has 2 aromatic carbocycles. The van der Waals surface area contributed by atoms with Gasteiger partial charge in [-0.3, -0.25) is 4.79 Å². The predicted molar refractivity (Wildman–Crippen MR) is 76.1 cm³/mol. The molecule has 102 valence electrons. The van der Waals surface area contributed by atoms with Crippen molar-refractivity contribution in [3.05, 3.63) is 58.7 Å². The topological polar surface area (TPSA) is 46.5 Å². The summed E-state index contributed by atoms with van der Waals surface area (Å²) in [4.78, 5) is 11.8. The standard InChI is InChI=1S/C17H16O3/c1-10-3-5-12(15(18)7-10)14-9-17(19)20-16-8-11(2)4-6-13(14)16/h3-8,14,18H,9H2,1-2H3. The third kappa shape index (κ3) is 2.16. The van der Waals surface area contributed by atoms with Gasteiger partial charge >= 0.3 is 5.97 Å². The average Bonchev–Trinajstić information content (AvgIpc) is 2.37. The lowest BCUT2D eigenvalue weighted by atomic mass is 9.85. The molecule has 20 heavy (non-hydrogen) atoms. The van der Waals surface area contributed by atoms with Crippen molar-refractivity contribution >= 4 is 5.97 Å². The van der Waals surface area contributed by atoms with E-state index < -0.39 is 0 Å². The van der Waals surface area contributed by atoms with E-state index in [2.05, 4.69) is 0 Å². The van der Waals surface area contributed by atoms with Crippen molar-refractivity contribution < 1.29 is 14.6 Å². The van der Waals surface area contributed by atoms with E-state index in [0.29, 0.717) is 5.75 Å². The summed E-state index contributed by atoms with van der Waals surface area (Å²) >= 11 is 0. The molecule has 1 heterocycles. The summed E-state index contributed by atoms with van der Waals surface area (Å²) in [5, 5.41) is 10.2. The molecule has 1 atom stereocenters. The van der Waals surface area contributed by atoms with Crippen molar-refractivity contribution in [1.82, 2.24) is 0 Å². The molecule has 2 aromatic rings. The molecule has 1 aliphatic heterocycles. The van der Waals surface area contributed by atoms with E-state index in [1.165, 1.54) is 0 Å². The summed E-state index contributed by atoms with van der Waals surface area (Å²) in [6.45, 7) is 3.89. The summed E-state index contributed by atoms with van der Waals surface area (Å²) < 4.78 is 5.31. The van der Waals surface area contributed by atoms with Crippen LogP contribution in [0.1, 0.15) is 34.6 Å². The van der Waals surface area contributed by atoms with E-state index in [1.807, 2.05) is 44.2 Å². The minimum absolute atomic E-state index is 0.146. The summed E-state index contributed by atoms with van der Waals surface area (Å²) in [7, 11) is 0. The molecule has 0 radical (unpaired) electrons. The number of carbonyl (C=O) groups is 1. The Morgan fingerprint density at radius 3 is 2.40 bits per heavy atom. The van der Waals surface area contributed by atoms with Gasteiger partial charge in [0.15, 0.2) is 0 Å². The predicted octanol–water partition coefficient (Wildman–Crippen LogP) is 3.45. The van der Waals surface area contributed by atoms with Crippen LogP contribution in [0.15, 0.2) is 36.4 Å². The van der Waals surface area contributed by atoms with Gasteiger partial charge in [0.05, 0.1) is 6.42 Å². The largest absolute Gasteiger partial charge is 0.508 e. The van der Waals surface area contributed by atoms with Gasteiger partial charge in [-0.15, -0.1) is 0 Å². The molecule has 1 unspecified atom stereocenters. The zero-order chi connectivity index (χ0) is 14.3. The first-order valence-electron chi connectivity index (χ1n) is 6.65. The summed E-state index contributed by atoms with van der Waals surface area (Å²) in [5.74, 6) is 0.433. The highest BCUT2D eigenvalue weighted by atomic mass is 16.5. The lowest BCUT2D eigenvalue weighted by molar-refractivity contribution is -0.135. The Morgan fingerprint density at radius 2 is 1.70 bits per heavy atom. The Bertz CT molecular complexity index is 689. The summed E-state index contributed by atoms with van der Waals surface area (Å²) in [6.07, 6.45) is 0.257. The number of benzene rings is 2. The Kier molecular flexibility index (Phi) is 2.97. The Labute approximate surface area is 117 Å². The molecule has 0 aliphatic carbocycles. The van der Waals surface area contributed by atoms with Crippen molar-refractivity contribution in [2.45, 2.75) is 26.2 Å². The average molecular weight is 268 g/mol. The number of phenolic OH excluding ortho intramolecular Hbond substituents is 1. The number of aryl methyl sites for hydroxylation is 2. The maximum absolute atomic E-state index is 11.8. The van der Waals surface area contributed by atoms with Crippen LogP contribution in [0.3, 0.4) is 0 Å². The molecule has 0 fully saturated rings. The number of esters is 1. The van der Waals surface area contributed by atoms with Crippen molar-refractivity contribution in [1.29, 1.82) is 0 Å². The molecule has 3 heteroatoms. The van der Waals surface area contributed by atoms with E-state index in [1.54, 1.807) is 6.07 Å². The van der Waals surface area contributed by atoms with Gasteiger partial charge in [0.2, 0.25) is 0 Å². The fourth-order valence-corrected chi connectivity index (χ4v) is 2.68. The number of fused-ring (bicyclic) bond motifs is 1. The second-order valence-electron chi connectivity index (χ2n) is 5.33. The van der Waals surface area contributed by atoms with Gasteiger partial charge in [-0.2, -0.15) is 0 Å². The fraction of sp³-hybridized carbons (Fsp3) is 0.235. The van der Waals surface area contributed by atoms with Crippen molar-refractivity contribution in [3.63, 3.8) is 0 Å². The first-order valence-corrected chi connectivity index (χ1v) is 6.65. The molecule has 0 saturated heterocycles. The monoisotopic (exact) mass is 268 g/mol. The molecule has 0 amide bonds. The highest BCUT2D eigenvalue weighted by molar-refractivity contribution is 5.78. The minimum atomic E-state index is -0.256. The van der Waals surface area contributed by atoms with Gasteiger partial charge in [-0.05, 0) is 37.1 Å². The Balaban J connectivity index is 2.13. The quantitative estimate of drug-likeness (QED) is 0.636. The molecule has 0 bridgehead atoms. The SMILES string of the molecule is Cc1ccc(C2CC(=O)Oc3cc(C)ccc32)c(O)c1. The van der Waals surface area contributed by atoms with Gasteiger partial charge in [-0.25, -0.2) is 0 Å². The number of rotatable bonds is 1. The smallest absolute Gasteiger partial charge is 0.312 e. The fourth-order valence-electron chi connectivity index (χ4n) is 2.68. The zero-order valence-electron chi connectivity index (χ0n) is 11.5. The molecule has 3 rings (SSSR count). The van der Waals surface area contributed by atoms with Gasteiger partial charge in [-0.1, -0.05) is 24.3 Å². The van der Waals surface area contributed by atoms with Crippen LogP contribution in [-0.4, -0.2) is 11.1 Å². The lowest BCUT2D eigenvalue weighted by Gasteiger charge is -2.25. The first-order chi connectivity index (χ1) is 9.54. The number of ether oxygens (including phenoxy) is 1. The maximum Gasteiger partial charge on any atom is 0.312 e. The number of hydrogen-bond acceptors (Lipinski definition) is 3. The molecule has 0 saturated carbocycles. The molecule has 1 aliphatic rings. The Morgan fingerprint density at radius 1 is 1.05 bits per heavy atom. The van der Waals surface area contributed by atoms with Crippen LogP contribution >= 0.6 is 0 Å². The van der Waals surface area contributed by atoms with Crippen molar-refractivity contribution in [2.24, 2.45) is 0 Å². The van der Waals surface area contributed by atoms with Gasteiger partial charge < -0.3 is 9.84 Å². The van der Waals surface area contributed by atoms with Crippen LogP contribution in [0.5, 0.6) is 11.5 Å². The van der Waals surface area contributed by atoms with Crippen LogP contribution in [0.25, 0.3) is 0 Å². The van der Waals surface area contributed by atoms with E-state index in [9.17, 15) is 9.90 Å². The van der Waals surface area contributed by atoms with Gasteiger partial charge in [0.1, 0.15) is 11.5 Å². The second kappa shape index (κ2) is 4.67. The van der Waals surface area contributed by atoms with Crippen molar-refractivity contribution in [2.75, 3.05) is 0 Å². The summed E-state index contributed by atoms with van der Waals surface area (Å²) in [6, 6.07) is 11.4. The summed E-state index contributed by atoms with van der Waals surface area (Å²) in [5.41, 5.74) is 3.77. The number of phenols is 1. The highest BCUT2D eigenvalue weighted by Gasteiger charge is 2.29. The van der Waals surface area contributed by atoms with Crippen LogP contribution in [0.2, 0.25) is 0 Å². The first kappa shape index (κ1) is 12.7.